The van der Waals surface area contributed by atoms with Crippen molar-refractivity contribution in [2.75, 3.05) is 13.1 Å². The van der Waals surface area contributed by atoms with Crippen LogP contribution in [-0.2, 0) is 24.2 Å². The van der Waals surface area contributed by atoms with Crippen LogP contribution < -0.4 is 10.6 Å². The van der Waals surface area contributed by atoms with Crippen molar-refractivity contribution in [1.29, 1.82) is 0 Å². The van der Waals surface area contributed by atoms with Gasteiger partial charge in [-0.1, -0.05) is 6.42 Å². The number of rotatable bonds is 6. The van der Waals surface area contributed by atoms with E-state index < -0.39 is 0 Å². The standard InChI is InChI=1S/C16H27N5O/c22-16(12-13-6-4-9-17-13)18-10-5-8-15-20-19-14-7-2-1-3-11-21(14)15/h13,17H,1-12H2,(H,18,22). The third kappa shape index (κ3) is 4.06. The highest BCUT2D eigenvalue weighted by molar-refractivity contribution is 5.76. The molecule has 6 nitrogen and oxygen atoms in total. The summed E-state index contributed by atoms with van der Waals surface area (Å²) in [7, 11) is 0. The number of carbonyl (C=O) groups excluding carboxylic acids is 1. The molecule has 1 amide bonds. The summed E-state index contributed by atoms with van der Waals surface area (Å²) < 4.78 is 2.29. The van der Waals surface area contributed by atoms with Crippen LogP contribution in [0.5, 0.6) is 0 Å². The van der Waals surface area contributed by atoms with Crippen molar-refractivity contribution in [3.05, 3.63) is 11.6 Å². The highest BCUT2D eigenvalue weighted by atomic mass is 16.1. The fourth-order valence-electron chi connectivity index (χ4n) is 3.43. The van der Waals surface area contributed by atoms with Gasteiger partial charge >= 0.3 is 0 Å². The molecule has 6 heteroatoms. The first kappa shape index (κ1) is 15.5. The monoisotopic (exact) mass is 305 g/mol. The van der Waals surface area contributed by atoms with E-state index in [0.717, 1.165) is 57.0 Å². The summed E-state index contributed by atoms with van der Waals surface area (Å²) in [5.74, 6) is 2.40. The molecule has 0 aromatic carbocycles. The van der Waals surface area contributed by atoms with Crippen molar-refractivity contribution in [3.63, 3.8) is 0 Å². The Morgan fingerprint density at radius 2 is 2.23 bits per heavy atom. The zero-order valence-corrected chi connectivity index (χ0v) is 13.3. The molecule has 0 radical (unpaired) electrons. The smallest absolute Gasteiger partial charge is 0.221 e. The molecule has 2 aliphatic rings. The van der Waals surface area contributed by atoms with Gasteiger partial charge in [0, 0.05) is 38.4 Å². The molecule has 22 heavy (non-hydrogen) atoms. The van der Waals surface area contributed by atoms with E-state index in [2.05, 4.69) is 25.4 Å². The Kier molecular flexibility index (Phi) is 5.43. The van der Waals surface area contributed by atoms with Crippen molar-refractivity contribution in [3.8, 4) is 0 Å². The van der Waals surface area contributed by atoms with Crippen molar-refractivity contribution in [2.45, 2.75) is 70.4 Å². The number of hydrogen-bond acceptors (Lipinski definition) is 4. The Hall–Kier alpha value is -1.43. The van der Waals surface area contributed by atoms with Crippen LogP contribution in [0.15, 0.2) is 0 Å². The average Bonchev–Trinajstić information content (AvgIpc) is 3.08. The Balaban J connectivity index is 1.38. The Morgan fingerprint density at radius 3 is 3.09 bits per heavy atom. The minimum absolute atomic E-state index is 0.166. The summed E-state index contributed by atoms with van der Waals surface area (Å²) in [6, 6.07) is 0.382. The third-order valence-corrected chi connectivity index (χ3v) is 4.68. The van der Waals surface area contributed by atoms with Gasteiger partial charge in [0.1, 0.15) is 11.6 Å². The lowest BCUT2D eigenvalue weighted by Gasteiger charge is -2.10. The second kappa shape index (κ2) is 7.72. The van der Waals surface area contributed by atoms with Crippen LogP contribution in [0.3, 0.4) is 0 Å². The molecule has 0 saturated carbocycles. The first-order valence-corrected chi connectivity index (χ1v) is 8.74. The van der Waals surface area contributed by atoms with Gasteiger partial charge in [-0.2, -0.15) is 0 Å². The molecule has 1 atom stereocenters. The van der Waals surface area contributed by atoms with Crippen LogP contribution in [0, 0.1) is 0 Å². The molecule has 3 rings (SSSR count). The predicted molar refractivity (Wildman–Crippen MR) is 84.5 cm³/mol. The average molecular weight is 305 g/mol. The van der Waals surface area contributed by atoms with E-state index in [1.165, 1.54) is 25.7 Å². The molecule has 0 bridgehead atoms. The number of carbonyl (C=O) groups is 1. The van der Waals surface area contributed by atoms with Gasteiger partial charge in [-0.3, -0.25) is 4.79 Å². The summed E-state index contributed by atoms with van der Waals surface area (Å²) in [6.45, 7) is 2.83. The molecule has 0 aliphatic carbocycles. The number of hydrogen-bond donors (Lipinski definition) is 2. The van der Waals surface area contributed by atoms with E-state index in [-0.39, 0.29) is 5.91 Å². The van der Waals surface area contributed by atoms with Gasteiger partial charge in [-0.25, -0.2) is 0 Å². The Bertz CT molecular complexity index is 493. The predicted octanol–water partition coefficient (Wildman–Crippen LogP) is 1.20. The lowest BCUT2D eigenvalue weighted by Crippen LogP contribution is -2.32. The maximum Gasteiger partial charge on any atom is 0.221 e. The van der Waals surface area contributed by atoms with Gasteiger partial charge in [-0.05, 0) is 38.6 Å². The van der Waals surface area contributed by atoms with Crippen molar-refractivity contribution in [1.82, 2.24) is 25.4 Å². The fourth-order valence-corrected chi connectivity index (χ4v) is 3.43. The molecular formula is C16H27N5O. The second-order valence-corrected chi connectivity index (χ2v) is 6.45. The van der Waals surface area contributed by atoms with Gasteiger partial charge in [0.15, 0.2) is 0 Å². The molecule has 1 unspecified atom stereocenters. The Morgan fingerprint density at radius 1 is 1.27 bits per heavy atom. The molecule has 1 fully saturated rings. The van der Waals surface area contributed by atoms with Crippen molar-refractivity contribution >= 4 is 5.91 Å². The van der Waals surface area contributed by atoms with Crippen molar-refractivity contribution in [2.24, 2.45) is 0 Å². The van der Waals surface area contributed by atoms with Gasteiger partial charge in [0.05, 0.1) is 0 Å². The number of fused-ring (bicyclic) bond motifs is 1. The Labute approximate surface area is 132 Å². The minimum Gasteiger partial charge on any atom is -0.356 e. The topological polar surface area (TPSA) is 71.8 Å². The van der Waals surface area contributed by atoms with Crippen LogP contribution in [0.1, 0.15) is 56.6 Å². The molecular weight excluding hydrogens is 278 g/mol. The normalized spacial score (nSPS) is 21.4. The molecule has 3 heterocycles. The highest BCUT2D eigenvalue weighted by Gasteiger charge is 2.17. The second-order valence-electron chi connectivity index (χ2n) is 6.45. The van der Waals surface area contributed by atoms with E-state index in [0.29, 0.717) is 12.5 Å². The van der Waals surface area contributed by atoms with E-state index in [1.807, 2.05) is 0 Å². The van der Waals surface area contributed by atoms with E-state index in [9.17, 15) is 4.79 Å². The van der Waals surface area contributed by atoms with E-state index in [4.69, 9.17) is 0 Å². The quantitative estimate of drug-likeness (QED) is 0.775. The summed E-state index contributed by atoms with van der Waals surface area (Å²) in [4.78, 5) is 11.9. The molecule has 2 N–H and O–H groups in total. The highest BCUT2D eigenvalue weighted by Crippen LogP contribution is 2.15. The minimum atomic E-state index is 0.166. The summed E-state index contributed by atoms with van der Waals surface area (Å²) in [5, 5.41) is 15.0. The number of nitrogens with zero attached hydrogens (tertiary/aromatic N) is 3. The number of aryl methyl sites for hydroxylation is 2. The number of nitrogens with one attached hydrogen (secondary N) is 2. The van der Waals surface area contributed by atoms with Gasteiger partial charge < -0.3 is 15.2 Å². The lowest BCUT2D eigenvalue weighted by atomic mass is 10.1. The largest absolute Gasteiger partial charge is 0.356 e. The van der Waals surface area contributed by atoms with Gasteiger partial charge in [0.25, 0.3) is 0 Å². The molecule has 0 spiro atoms. The molecule has 1 aromatic heterocycles. The first-order chi connectivity index (χ1) is 10.8. The van der Waals surface area contributed by atoms with Crippen LogP contribution in [-0.4, -0.2) is 39.8 Å². The van der Waals surface area contributed by atoms with Gasteiger partial charge in [-0.15, -0.1) is 10.2 Å². The zero-order chi connectivity index (χ0) is 15.2. The maximum atomic E-state index is 11.9. The summed E-state index contributed by atoms with van der Waals surface area (Å²) in [6.07, 6.45) is 9.55. The van der Waals surface area contributed by atoms with Crippen LogP contribution in [0.25, 0.3) is 0 Å². The van der Waals surface area contributed by atoms with E-state index >= 15 is 0 Å². The van der Waals surface area contributed by atoms with E-state index in [1.54, 1.807) is 0 Å². The number of amides is 1. The zero-order valence-electron chi connectivity index (χ0n) is 13.3. The summed E-state index contributed by atoms with van der Waals surface area (Å²) >= 11 is 0. The van der Waals surface area contributed by atoms with Gasteiger partial charge in [0.2, 0.25) is 5.91 Å². The molecule has 122 valence electrons. The third-order valence-electron chi connectivity index (χ3n) is 4.68. The van der Waals surface area contributed by atoms with Crippen LogP contribution in [0.2, 0.25) is 0 Å². The SMILES string of the molecule is O=C(CC1CCCN1)NCCCc1nnc2n1CCCCC2. The maximum absolute atomic E-state index is 11.9. The number of aromatic nitrogens is 3. The van der Waals surface area contributed by atoms with Crippen LogP contribution in [0.4, 0.5) is 0 Å². The summed E-state index contributed by atoms with van der Waals surface area (Å²) in [5.41, 5.74) is 0. The van der Waals surface area contributed by atoms with Crippen LogP contribution >= 0.6 is 0 Å². The fraction of sp³-hybridized carbons (Fsp3) is 0.812. The molecule has 2 aliphatic heterocycles. The molecule has 1 aromatic rings. The first-order valence-electron chi connectivity index (χ1n) is 8.74. The van der Waals surface area contributed by atoms with Crippen molar-refractivity contribution < 1.29 is 4.79 Å². The lowest BCUT2D eigenvalue weighted by molar-refractivity contribution is -0.121. The molecule has 1 saturated heterocycles.